The fourth-order valence-corrected chi connectivity index (χ4v) is 8.13. The van der Waals surface area contributed by atoms with Gasteiger partial charge in [-0.3, -0.25) is 4.79 Å². The first kappa shape index (κ1) is 56.6. The van der Waals surface area contributed by atoms with Gasteiger partial charge in [0.15, 0.2) is 0 Å². The van der Waals surface area contributed by atoms with E-state index in [2.05, 4.69) is 55.6 Å². The average Bonchev–Trinajstić information content (AvgIpc) is 3.23. The molecule has 58 heavy (non-hydrogen) atoms. The molecule has 342 valence electrons. The minimum atomic E-state index is -0.664. The fraction of sp³-hybridized carbons (Fsp3) is 0.870. The number of rotatable bonds is 48. The van der Waals surface area contributed by atoms with Crippen molar-refractivity contribution < 1.29 is 15.0 Å². The van der Waals surface area contributed by atoms with Crippen LogP contribution in [0.4, 0.5) is 0 Å². The van der Waals surface area contributed by atoms with Gasteiger partial charge < -0.3 is 15.5 Å². The van der Waals surface area contributed by atoms with Crippen molar-refractivity contribution in [2.24, 2.45) is 0 Å². The Kier molecular flexibility index (Phi) is 48.8. The van der Waals surface area contributed by atoms with Crippen LogP contribution >= 0.6 is 0 Å². The molecule has 0 aliphatic carbocycles. The summed E-state index contributed by atoms with van der Waals surface area (Å²) in [5.41, 5.74) is 0. The maximum absolute atomic E-state index is 12.5. The molecular formula is C54H103NO3. The lowest BCUT2D eigenvalue weighted by molar-refractivity contribution is -0.123. The molecule has 0 aliphatic heterocycles. The molecule has 4 nitrogen and oxygen atoms in total. The second kappa shape index (κ2) is 50.0. The summed E-state index contributed by atoms with van der Waals surface area (Å²) in [7, 11) is 0. The van der Waals surface area contributed by atoms with Gasteiger partial charge >= 0.3 is 0 Å². The number of aliphatic hydroxyl groups is 2. The molecule has 0 rings (SSSR count). The third-order valence-electron chi connectivity index (χ3n) is 12.2. The zero-order valence-corrected chi connectivity index (χ0v) is 39.3. The standard InChI is InChI=1S/C54H103NO3/c1-3-5-7-9-11-13-15-17-19-21-23-25-27-29-31-33-35-37-39-41-43-45-47-49-53(57)52(51-56)55-54(58)50-48-46-44-42-40-38-36-34-32-30-28-26-24-22-20-18-16-14-12-10-8-6-4-2/h16,18,22,24,28,30,52-53,56-57H,3-15,17,19-21,23,25-27,29,31-51H2,1-2H3,(H,55,58)/b18-16-,24-22-,30-28-. The van der Waals surface area contributed by atoms with Crippen LogP contribution in [0.15, 0.2) is 36.5 Å². The van der Waals surface area contributed by atoms with Crippen LogP contribution in [-0.4, -0.2) is 34.9 Å². The molecule has 0 spiro atoms. The van der Waals surface area contributed by atoms with Crippen molar-refractivity contribution in [1.82, 2.24) is 5.32 Å². The van der Waals surface area contributed by atoms with Crippen LogP contribution in [0.1, 0.15) is 284 Å². The number of nitrogens with one attached hydrogen (secondary N) is 1. The summed E-state index contributed by atoms with van der Waals surface area (Å²) in [4.78, 5) is 12.5. The van der Waals surface area contributed by atoms with Gasteiger partial charge in [0.05, 0.1) is 18.8 Å². The predicted octanol–water partition coefficient (Wildman–Crippen LogP) is 16.9. The van der Waals surface area contributed by atoms with Gasteiger partial charge in [0.25, 0.3) is 0 Å². The summed E-state index contributed by atoms with van der Waals surface area (Å²) in [6.07, 6.45) is 66.8. The highest BCUT2D eigenvalue weighted by Gasteiger charge is 2.20. The van der Waals surface area contributed by atoms with E-state index in [0.717, 1.165) is 38.5 Å². The second-order valence-electron chi connectivity index (χ2n) is 17.9. The van der Waals surface area contributed by atoms with Gasteiger partial charge in [0.2, 0.25) is 5.91 Å². The normalized spacial score (nSPS) is 13.1. The molecule has 0 aromatic rings. The monoisotopic (exact) mass is 814 g/mol. The number of carbonyl (C=O) groups excluding carboxylic acids is 1. The summed E-state index contributed by atoms with van der Waals surface area (Å²) >= 11 is 0. The van der Waals surface area contributed by atoms with Crippen molar-refractivity contribution in [2.45, 2.75) is 296 Å². The average molecular weight is 814 g/mol. The highest BCUT2D eigenvalue weighted by atomic mass is 16.3. The Labute approximate surface area is 363 Å². The number of unbranched alkanes of at least 4 members (excludes halogenated alkanes) is 35. The smallest absolute Gasteiger partial charge is 0.220 e. The van der Waals surface area contributed by atoms with Gasteiger partial charge in [-0.25, -0.2) is 0 Å². The van der Waals surface area contributed by atoms with Crippen molar-refractivity contribution in [3.05, 3.63) is 36.5 Å². The number of hydrogen-bond acceptors (Lipinski definition) is 3. The molecule has 0 aliphatic rings. The number of hydrogen-bond donors (Lipinski definition) is 3. The molecular weight excluding hydrogens is 711 g/mol. The van der Waals surface area contributed by atoms with E-state index in [-0.39, 0.29) is 12.5 Å². The maximum atomic E-state index is 12.5. The van der Waals surface area contributed by atoms with Gasteiger partial charge in [-0.05, 0) is 51.4 Å². The zero-order valence-electron chi connectivity index (χ0n) is 39.3. The van der Waals surface area contributed by atoms with Gasteiger partial charge in [-0.1, -0.05) is 262 Å². The molecule has 2 atom stereocenters. The number of carbonyl (C=O) groups is 1. The van der Waals surface area contributed by atoms with Crippen molar-refractivity contribution in [1.29, 1.82) is 0 Å². The Morgan fingerprint density at radius 3 is 1.05 bits per heavy atom. The van der Waals surface area contributed by atoms with E-state index in [4.69, 9.17) is 0 Å². The minimum absolute atomic E-state index is 0.0358. The molecule has 0 bridgehead atoms. The van der Waals surface area contributed by atoms with Crippen LogP contribution in [0.2, 0.25) is 0 Å². The van der Waals surface area contributed by atoms with Crippen molar-refractivity contribution in [3.63, 3.8) is 0 Å². The van der Waals surface area contributed by atoms with Crippen molar-refractivity contribution in [3.8, 4) is 0 Å². The zero-order chi connectivity index (χ0) is 42.1. The summed E-state index contributed by atoms with van der Waals surface area (Å²) in [6.45, 7) is 4.37. The van der Waals surface area contributed by atoms with E-state index < -0.39 is 12.1 Å². The molecule has 0 saturated carbocycles. The maximum Gasteiger partial charge on any atom is 0.220 e. The fourth-order valence-electron chi connectivity index (χ4n) is 8.13. The van der Waals surface area contributed by atoms with Crippen LogP contribution in [0, 0.1) is 0 Å². The van der Waals surface area contributed by atoms with Crippen LogP contribution in [-0.2, 0) is 4.79 Å². The van der Waals surface area contributed by atoms with E-state index in [9.17, 15) is 15.0 Å². The molecule has 0 radical (unpaired) electrons. The Morgan fingerprint density at radius 2 is 0.707 bits per heavy atom. The first-order valence-corrected chi connectivity index (χ1v) is 26.2. The summed E-state index contributed by atoms with van der Waals surface area (Å²) < 4.78 is 0. The number of aliphatic hydroxyl groups excluding tert-OH is 2. The van der Waals surface area contributed by atoms with Gasteiger partial charge in [0.1, 0.15) is 0 Å². The van der Waals surface area contributed by atoms with E-state index in [1.807, 2.05) is 0 Å². The molecule has 3 N–H and O–H groups in total. The third-order valence-corrected chi connectivity index (χ3v) is 12.2. The molecule has 0 fully saturated rings. The van der Waals surface area contributed by atoms with Crippen LogP contribution in [0.25, 0.3) is 0 Å². The van der Waals surface area contributed by atoms with E-state index in [0.29, 0.717) is 12.8 Å². The largest absolute Gasteiger partial charge is 0.394 e. The molecule has 0 heterocycles. The quantitative estimate of drug-likeness (QED) is 0.0423. The molecule has 1 amide bonds. The highest BCUT2D eigenvalue weighted by Crippen LogP contribution is 2.17. The summed E-state index contributed by atoms with van der Waals surface area (Å²) in [5.74, 6) is -0.0358. The predicted molar refractivity (Wildman–Crippen MR) is 258 cm³/mol. The number of allylic oxidation sites excluding steroid dienone is 6. The van der Waals surface area contributed by atoms with Crippen molar-refractivity contribution >= 4 is 5.91 Å². The van der Waals surface area contributed by atoms with E-state index >= 15 is 0 Å². The Balaban J connectivity index is 3.49. The van der Waals surface area contributed by atoms with Crippen LogP contribution in [0.3, 0.4) is 0 Å². The number of amides is 1. The molecule has 0 aromatic heterocycles. The lowest BCUT2D eigenvalue weighted by atomic mass is 10.0. The van der Waals surface area contributed by atoms with Crippen molar-refractivity contribution in [2.75, 3.05) is 6.61 Å². The second-order valence-corrected chi connectivity index (χ2v) is 17.9. The molecule has 0 aromatic carbocycles. The SMILES string of the molecule is CCCCCCC/C=C\C/C=C\C/C=C\CCCCCCCCCCC(=O)NC(CO)C(O)CCCCCCCCCCCCCCCCCCCCCCCCC. The van der Waals surface area contributed by atoms with E-state index in [1.54, 1.807) is 0 Å². The Morgan fingerprint density at radius 1 is 0.414 bits per heavy atom. The molecule has 0 saturated heterocycles. The third kappa shape index (κ3) is 45.7. The van der Waals surface area contributed by atoms with Crippen LogP contribution in [0.5, 0.6) is 0 Å². The minimum Gasteiger partial charge on any atom is -0.394 e. The molecule has 2 unspecified atom stereocenters. The topological polar surface area (TPSA) is 69.6 Å². The lowest BCUT2D eigenvalue weighted by Crippen LogP contribution is -2.45. The first-order chi connectivity index (χ1) is 28.7. The Hall–Kier alpha value is -1.39. The van der Waals surface area contributed by atoms with Crippen LogP contribution < -0.4 is 5.32 Å². The van der Waals surface area contributed by atoms with Gasteiger partial charge in [0, 0.05) is 6.42 Å². The Bertz CT molecular complexity index is 882. The van der Waals surface area contributed by atoms with E-state index in [1.165, 1.54) is 218 Å². The highest BCUT2D eigenvalue weighted by molar-refractivity contribution is 5.76. The lowest BCUT2D eigenvalue weighted by Gasteiger charge is -2.22. The molecule has 4 heteroatoms. The summed E-state index contributed by atoms with van der Waals surface area (Å²) in [5, 5.41) is 23.3. The van der Waals surface area contributed by atoms with Gasteiger partial charge in [-0.2, -0.15) is 0 Å². The summed E-state index contributed by atoms with van der Waals surface area (Å²) in [6, 6.07) is -0.541. The van der Waals surface area contributed by atoms with Gasteiger partial charge in [-0.15, -0.1) is 0 Å². The first-order valence-electron chi connectivity index (χ1n) is 26.2.